The quantitative estimate of drug-likeness (QED) is 0.167. The van der Waals surface area contributed by atoms with Crippen molar-refractivity contribution in [2.45, 2.75) is 10.8 Å². The van der Waals surface area contributed by atoms with E-state index in [-0.39, 0.29) is 0 Å². The molecule has 0 bridgehead atoms. The van der Waals surface area contributed by atoms with Crippen molar-refractivity contribution >= 4 is 38.9 Å². The highest BCUT2D eigenvalue weighted by Crippen LogP contribution is 2.65. The van der Waals surface area contributed by atoms with Gasteiger partial charge in [0.2, 0.25) is 0 Å². The van der Waals surface area contributed by atoms with Crippen LogP contribution in [0.2, 0.25) is 0 Å². The Morgan fingerprint density at radius 1 is 0.263 bits per heavy atom. The van der Waals surface area contributed by atoms with Crippen molar-refractivity contribution in [3.63, 3.8) is 0 Å². The molecule has 0 fully saturated rings. The minimum absolute atomic E-state index is 0.486. The second kappa shape index (κ2) is 15.4. The number of rotatable bonds is 5. The van der Waals surface area contributed by atoms with E-state index in [0.29, 0.717) is 0 Å². The van der Waals surface area contributed by atoms with Crippen molar-refractivity contribution in [3.8, 4) is 61.3 Å². The Balaban J connectivity index is 0.922. The minimum Gasteiger partial charge on any atom is -0.310 e. The molecule has 352 valence electrons. The van der Waals surface area contributed by atoms with E-state index in [2.05, 4.69) is 289 Å². The first-order valence-electron chi connectivity index (χ1n) is 26.6. The summed E-state index contributed by atoms with van der Waals surface area (Å²) >= 11 is 0. The molecule has 2 spiro atoms. The minimum atomic E-state index is -0.571. The van der Waals surface area contributed by atoms with Gasteiger partial charge in [0.05, 0.1) is 33.2 Å². The summed E-state index contributed by atoms with van der Waals surface area (Å²) in [5, 5.41) is 2.56. The summed E-state index contributed by atoms with van der Waals surface area (Å²) in [5.41, 5.74) is 29.0. The molecule has 0 radical (unpaired) electrons. The molecule has 1 unspecified atom stereocenters. The molecule has 0 saturated heterocycles. The molecule has 0 amide bonds. The van der Waals surface area contributed by atoms with Crippen LogP contribution in [-0.2, 0) is 10.8 Å². The summed E-state index contributed by atoms with van der Waals surface area (Å²) in [6.07, 6.45) is 0. The summed E-state index contributed by atoms with van der Waals surface area (Å²) in [7, 11) is 0. The third-order valence-electron chi connectivity index (χ3n) is 17.6. The molecule has 2 heteroatoms. The van der Waals surface area contributed by atoms with Crippen LogP contribution in [0.15, 0.2) is 279 Å². The van der Waals surface area contributed by atoms with E-state index >= 15 is 0 Å². The second-order valence-corrected chi connectivity index (χ2v) is 21.0. The highest BCUT2D eigenvalue weighted by Gasteiger charge is 2.53. The molecule has 3 aliphatic carbocycles. The number of aromatic nitrogens is 1. The van der Waals surface area contributed by atoms with E-state index in [1.165, 1.54) is 122 Å². The van der Waals surface area contributed by atoms with Crippen LogP contribution in [0.1, 0.15) is 44.5 Å². The molecule has 4 aliphatic rings. The SMILES string of the molecule is c1ccc(-c2cccc(N(c3ccc4c(c3)C3(c5ccccc5-c5ccccc53)c3ccccc3-4)c3ccccc3-c3ccc4c(c3)C3(c5ccccc5-4)c4ccccc4-n4c5ccccc5c5cccc3c54)c2)cc1. The summed E-state index contributed by atoms with van der Waals surface area (Å²) in [4.78, 5) is 2.53. The lowest BCUT2D eigenvalue weighted by Crippen LogP contribution is -2.33. The summed E-state index contributed by atoms with van der Waals surface area (Å²) in [5.74, 6) is 0. The van der Waals surface area contributed by atoms with Gasteiger partial charge in [0.1, 0.15) is 0 Å². The second-order valence-electron chi connectivity index (χ2n) is 21.0. The molecule has 2 nitrogen and oxygen atoms in total. The van der Waals surface area contributed by atoms with Crippen LogP contribution < -0.4 is 4.90 Å². The Bertz CT molecular complexity index is 4550. The van der Waals surface area contributed by atoms with Gasteiger partial charge in [-0.1, -0.05) is 231 Å². The van der Waals surface area contributed by atoms with Gasteiger partial charge in [0, 0.05) is 27.7 Å². The maximum atomic E-state index is 2.54. The maximum absolute atomic E-state index is 2.54. The van der Waals surface area contributed by atoms with Crippen molar-refractivity contribution < 1.29 is 0 Å². The molecule has 1 aliphatic heterocycles. The zero-order valence-corrected chi connectivity index (χ0v) is 41.5. The molecule has 76 heavy (non-hydrogen) atoms. The van der Waals surface area contributed by atoms with E-state index in [0.717, 1.165) is 22.6 Å². The van der Waals surface area contributed by atoms with Gasteiger partial charge in [-0.3, -0.25) is 0 Å². The fourth-order valence-electron chi connectivity index (χ4n) is 14.7. The van der Waals surface area contributed by atoms with Crippen LogP contribution >= 0.6 is 0 Å². The van der Waals surface area contributed by atoms with Crippen LogP contribution in [0.5, 0.6) is 0 Å². The molecule has 1 aromatic heterocycles. The van der Waals surface area contributed by atoms with Crippen LogP contribution in [0, 0.1) is 0 Å². The highest BCUT2D eigenvalue weighted by molar-refractivity contribution is 6.13. The predicted molar refractivity (Wildman–Crippen MR) is 313 cm³/mol. The monoisotopic (exact) mass is 962 g/mol. The number of hydrogen-bond donors (Lipinski definition) is 0. The topological polar surface area (TPSA) is 8.17 Å². The summed E-state index contributed by atoms with van der Waals surface area (Å²) in [6.45, 7) is 0. The fourth-order valence-corrected chi connectivity index (χ4v) is 14.7. The van der Waals surface area contributed by atoms with Gasteiger partial charge in [-0.25, -0.2) is 0 Å². The average Bonchev–Trinajstić information content (AvgIpc) is 4.29. The lowest BCUT2D eigenvalue weighted by Gasteiger charge is -2.39. The van der Waals surface area contributed by atoms with E-state index < -0.39 is 10.8 Å². The lowest BCUT2D eigenvalue weighted by atomic mass is 9.65. The molecule has 2 heterocycles. The first kappa shape index (κ1) is 41.7. The van der Waals surface area contributed by atoms with Gasteiger partial charge in [0.25, 0.3) is 0 Å². The first-order chi connectivity index (χ1) is 37.7. The zero-order valence-electron chi connectivity index (χ0n) is 41.5. The Morgan fingerprint density at radius 2 is 0.737 bits per heavy atom. The largest absolute Gasteiger partial charge is 0.310 e. The van der Waals surface area contributed by atoms with Crippen molar-refractivity contribution in [3.05, 3.63) is 324 Å². The van der Waals surface area contributed by atoms with Gasteiger partial charge in [-0.15, -0.1) is 0 Å². The van der Waals surface area contributed by atoms with E-state index in [1.807, 2.05) is 0 Å². The van der Waals surface area contributed by atoms with E-state index in [9.17, 15) is 0 Å². The number of benzene rings is 12. The third-order valence-corrected chi connectivity index (χ3v) is 17.6. The Hall–Kier alpha value is -9.76. The maximum Gasteiger partial charge on any atom is 0.0754 e. The smallest absolute Gasteiger partial charge is 0.0754 e. The van der Waals surface area contributed by atoms with Crippen molar-refractivity contribution in [2.24, 2.45) is 0 Å². The normalized spacial score (nSPS) is 15.3. The molecule has 17 rings (SSSR count). The number of hydrogen-bond acceptors (Lipinski definition) is 1. The molecular formula is C74H46N2. The molecular weight excluding hydrogens is 917 g/mol. The Kier molecular flexibility index (Phi) is 8.44. The number of nitrogens with zero attached hydrogens (tertiary/aromatic N) is 2. The van der Waals surface area contributed by atoms with Gasteiger partial charge >= 0.3 is 0 Å². The molecule has 1 atom stereocenters. The van der Waals surface area contributed by atoms with Gasteiger partial charge in [0.15, 0.2) is 0 Å². The predicted octanol–water partition coefficient (Wildman–Crippen LogP) is 18.6. The lowest BCUT2D eigenvalue weighted by molar-refractivity contribution is 0.749. The summed E-state index contributed by atoms with van der Waals surface area (Å²) in [6, 6.07) is 105. The van der Waals surface area contributed by atoms with Crippen LogP contribution in [0.25, 0.3) is 83.1 Å². The number of para-hydroxylation sites is 4. The number of fused-ring (bicyclic) bond motifs is 22. The van der Waals surface area contributed by atoms with Gasteiger partial charge in [-0.05, 0) is 143 Å². The number of anilines is 3. The Morgan fingerprint density at radius 3 is 1.43 bits per heavy atom. The standard InChI is InChI=1S/C74H46N2/c1-2-20-47(21-3-1)48-22-18-23-50(44-48)75(51-41-43-58-56-28-6-12-33-63(56)73(68(58)46-51)61-31-10-4-25-53(61)54-26-5-11-32-62(54)73)69-37-15-8-24-52(69)49-40-42-57-55-27-7-13-34-64(55)74(67(57)45-49)65-35-14-17-39-71(65)76-70-38-16-9-29-59(70)60-30-19-36-66(74)72(60)76/h1-46H. The van der Waals surface area contributed by atoms with Crippen LogP contribution in [-0.4, -0.2) is 4.57 Å². The van der Waals surface area contributed by atoms with E-state index in [4.69, 9.17) is 0 Å². The average molecular weight is 963 g/mol. The third kappa shape index (κ3) is 5.25. The summed E-state index contributed by atoms with van der Waals surface area (Å²) < 4.78 is 2.53. The van der Waals surface area contributed by atoms with Crippen LogP contribution in [0.4, 0.5) is 17.1 Å². The van der Waals surface area contributed by atoms with E-state index in [1.54, 1.807) is 0 Å². The van der Waals surface area contributed by atoms with Crippen molar-refractivity contribution in [2.75, 3.05) is 4.90 Å². The van der Waals surface area contributed by atoms with Crippen LogP contribution in [0.3, 0.4) is 0 Å². The Labute approximate surface area is 441 Å². The van der Waals surface area contributed by atoms with Gasteiger partial charge < -0.3 is 9.47 Å². The fraction of sp³-hybridized carbons (Fsp3) is 0.0270. The molecule has 13 aromatic rings. The highest BCUT2D eigenvalue weighted by atomic mass is 15.1. The molecule has 12 aromatic carbocycles. The first-order valence-corrected chi connectivity index (χ1v) is 26.6. The zero-order chi connectivity index (χ0) is 49.7. The van der Waals surface area contributed by atoms with Crippen molar-refractivity contribution in [1.29, 1.82) is 0 Å². The molecule has 0 saturated carbocycles. The van der Waals surface area contributed by atoms with Crippen molar-refractivity contribution in [1.82, 2.24) is 4.57 Å². The molecule has 0 N–H and O–H groups in total. The van der Waals surface area contributed by atoms with Gasteiger partial charge in [-0.2, -0.15) is 0 Å².